The standard InChI is InChI=1S/C17H20N2OS/c1-6-8-12-11(3)10-17(4,5)13-14(12)18-16(21)19(9-7-2)15(13)20/h6-8H,1-3,9-10H2,4-5H3,(H,18,21)/b12-8+. The van der Waals surface area contributed by atoms with E-state index in [0.717, 1.165) is 28.8 Å². The second-order valence-corrected chi connectivity index (χ2v) is 6.25. The molecule has 0 aliphatic heterocycles. The molecule has 1 aliphatic carbocycles. The summed E-state index contributed by atoms with van der Waals surface area (Å²) in [5.74, 6) is 0. The number of rotatable bonds is 3. The van der Waals surface area contributed by atoms with Crippen LogP contribution in [0.5, 0.6) is 0 Å². The molecule has 1 aromatic rings. The molecule has 110 valence electrons. The van der Waals surface area contributed by atoms with E-state index in [9.17, 15) is 4.79 Å². The van der Waals surface area contributed by atoms with Crippen molar-refractivity contribution >= 4 is 17.8 Å². The second-order valence-electron chi connectivity index (χ2n) is 5.86. The minimum absolute atomic E-state index is 0.0545. The first-order valence-electron chi connectivity index (χ1n) is 6.83. The molecule has 1 aromatic heterocycles. The van der Waals surface area contributed by atoms with E-state index in [1.165, 1.54) is 0 Å². The number of aromatic nitrogens is 2. The topological polar surface area (TPSA) is 37.8 Å². The third-order valence-electron chi connectivity index (χ3n) is 3.76. The zero-order chi connectivity index (χ0) is 15.8. The maximum Gasteiger partial charge on any atom is 0.258 e. The molecule has 0 bridgehead atoms. The molecule has 0 aromatic carbocycles. The summed E-state index contributed by atoms with van der Waals surface area (Å²) in [4.78, 5) is 16.0. The van der Waals surface area contributed by atoms with Crippen LogP contribution in [0.3, 0.4) is 0 Å². The Labute approximate surface area is 130 Å². The summed E-state index contributed by atoms with van der Waals surface area (Å²) in [5.41, 5.74) is 3.07. The normalized spacial score (nSPS) is 18.4. The molecule has 0 spiro atoms. The Kier molecular flexibility index (Phi) is 4.01. The van der Waals surface area contributed by atoms with Crippen LogP contribution in [0.2, 0.25) is 0 Å². The molecule has 0 fully saturated rings. The first-order valence-corrected chi connectivity index (χ1v) is 7.24. The fourth-order valence-corrected chi connectivity index (χ4v) is 3.17. The number of fused-ring (bicyclic) bond motifs is 1. The molecular formula is C17H20N2OS. The van der Waals surface area contributed by atoms with Crippen molar-refractivity contribution in [3.63, 3.8) is 0 Å². The SMILES string of the molecule is C=C/C=C1\C(=C)CC(C)(C)c2c1[nH]c(=S)n(CC=C)c2=O. The summed E-state index contributed by atoms with van der Waals surface area (Å²) in [6.07, 6.45) is 5.98. The van der Waals surface area contributed by atoms with Crippen molar-refractivity contribution in [1.29, 1.82) is 0 Å². The van der Waals surface area contributed by atoms with Gasteiger partial charge < -0.3 is 4.98 Å². The summed E-state index contributed by atoms with van der Waals surface area (Å²) < 4.78 is 1.95. The maximum absolute atomic E-state index is 12.8. The van der Waals surface area contributed by atoms with Gasteiger partial charge in [0.25, 0.3) is 5.56 Å². The Morgan fingerprint density at radius 3 is 2.67 bits per heavy atom. The fraction of sp³-hybridized carbons (Fsp3) is 0.294. The summed E-state index contributed by atoms with van der Waals surface area (Å²) in [6, 6.07) is 0. The van der Waals surface area contributed by atoms with Gasteiger partial charge in [0, 0.05) is 23.1 Å². The van der Waals surface area contributed by atoms with Crippen LogP contribution in [-0.2, 0) is 12.0 Å². The minimum Gasteiger partial charge on any atom is -0.331 e. The van der Waals surface area contributed by atoms with Crippen LogP contribution < -0.4 is 5.56 Å². The van der Waals surface area contributed by atoms with Gasteiger partial charge in [-0.2, -0.15) is 0 Å². The van der Waals surface area contributed by atoms with Gasteiger partial charge in [-0.3, -0.25) is 9.36 Å². The average molecular weight is 300 g/mol. The van der Waals surface area contributed by atoms with E-state index in [0.29, 0.717) is 11.3 Å². The number of nitrogens with zero attached hydrogens (tertiary/aromatic N) is 1. The lowest BCUT2D eigenvalue weighted by atomic mass is 9.71. The van der Waals surface area contributed by atoms with E-state index in [1.54, 1.807) is 16.7 Å². The van der Waals surface area contributed by atoms with Crippen molar-refractivity contribution in [2.75, 3.05) is 0 Å². The van der Waals surface area contributed by atoms with Crippen LogP contribution in [0.25, 0.3) is 5.57 Å². The van der Waals surface area contributed by atoms with Crippen molar-refractivity contribution in [2.24, 2.45) is 0 Å². The molecule has 1 aliphatic rings. The molecule has 0 unspecified atom stereocenters. The van der Waals surface area contributed by atoms with Gasteiger partial charge in [0.2, 0.25) is 0 Å². The number of H-pyrrole nitrogens is 1. The van der Waals surface area contributed by atoms with Gasteiger partial charge in [0.05, 0.1) is 5.69 Å². The van der Waals surface area contributed by atoms with Gasteiger partial charge in [0.1, 0.15) is 0 Å². The van der Waals surface area contributed by atoms with Crippen LogP contribution >= 0.6 is 12.2 Å². The number of allylic oxidation sites excluding steroid dienone is 5. The van der Waals surface area contributed by atoms with Gasteiger partial charge in [-0.15, -0.1) is 6.58 Å². The van der Waals surface area contributed by atoms with Crippen LogP contribution in [0.1, 0.15) is 31.5 Å². The Morgan fingerprint density at radius 2 is 2.10 bits per heavy atom. The highest BCUT2D eigenvalue weighted by molar-refractivity contribution is 7.71. The number of aromatic amines is 1. The maximum atomic E-state index is 12.8. The van der Waals surface area contributed by atoms with E-state index < -0.39 is 0 Å². The molecule has 21 heavy (non-hydrogen) atoms. The highest BCUT2D eigenvalue weighted by Gasteiger charge is 2.35. The lowest BCUT2D eigenvalue weighted by Gasteiger charge is -2.34. The number of hydrogen-bond acceptors (Lipinski definition) is 2. The molecule has 0 saturated heterocycles. The summed E-state index contributed by atoms with van der Waals surface area (Å²) >= 11 is 5.32. The zero-order valence-corrected chi connectivity index (χ0v) is 13.3. The number of nitrogens with one attached hydrogen (secondary N) is 1. The van der Waals surface area contributed by atoms with E-state index >= 15 is 0 Å². The van der Waals surface area contributed by atoms with E-state index in [-0.39, 0.29) is 11.0 Å². The molecule has 0 atom stereocenters. The first-order chi connectivity index (χ1) is 9.83. The predicted octanol–water partition coefficient (Wildman–Crippen LogP) is 3.90. The molecule has 2 rings (SSSR count). The third kappa shape index (κ3) is 2.51. The molecular weight excluding hydrogens is 280 g/mol. The van der Waals surface area contributed by atoms with Gasteiger partial charge in [-0.1, -0.05) is 45.2 Å². The second kappa shape index (κ2) is 5.45. The Hall–Kier alpha value is -1.94. The van der Waals surface area contributed by atoms with Crippen molar-refractivity contribution in [2.45, 2.75) is 32.2 Å². The summed E-state index contributed by atoms with van der Waals surface area (Å²) in [6.45, 7) is 16.1. The molecule has 3 nitrogen and oxygen atoms in total. The summed E-state index contributed by atoms with van der Waals surface area (Å²) in [7, 11) is 0. The van der Waals surface area contributed by atoms with Crippen molar-refractivity contribution in [1.82, 2.24) is 9.55 Å². The van der Waals surface area contributed by atoms with E-state index in [1.807, 2.05) is 6.08 Å². The zero-order valence-electron chi connectivity index (χ0n) is 12.5. The van der Waals surface area contributed by atoms with Crippen molar-refractivity contribution < 1.29 is 0 Å². The predicted molar refractivity (Wildman–Crippen MR) is 91.0 cm³/mol. The van der Waals surface area contributed by atoms with Gasteiger partial charge in [-0.25, -0.2) is 0 Å². The summed E-state index contributed by atoms with van der Waals surface area (Å²) in [5, 5.41) is 0. The largest absolute Gasteiger partial charge is 0.331 e. The minimum atomic E-state index is -0.287. The van der Waals surface area contributed by atoms with Crippen molar-refractivity contribution in [3.8, 4) is 0 Å². The molecule has 4 heteroatoms. The van der Waals surface area contributed by atoms with Crippen LogP contribution in [-0.4, -0.2) is 9.55 Å². The van der Waals surface area contributed by atoms with Crippen LogP contribution in [0.4, 0.5) is 0 Å². The Balaban J connectivity index is 2.91. The third-order valence-corrected chi connectivity index (χ3v) is 4.09. The monoisotopic (exact) mass is 300 g/mol. The van der Waals surface area contributed by atoms with Gasteiger partial charge >= 0.3 is 0 Å². The van der Waals surface area contributed by atoms with Gasteiger partial charge in [-0.05, 0) is 24.2 Å². The molecule has 0 amide bonds. The highest BCUT2D eigenvalue weighted by Crippen LogP contribution is 2.41. The number of hydrogen-bond donors (Lipinski definition) is 1. The smallest absolute Gasteiger partial charge is 0.258 e. The van der Waals surface area contributed by atoms with E-state index in [4.69, 9.17) is 12.2 Å². The average Bonchev–Trinajstić information content (AvgIpc) is 2.37. The highest BCUT2D eigenvalue weighted by atomic mass is 32.1. The molecule has 1 heterocycles. The molecule has 1 N–H and O–H groups in total. The quantitative estimate of drug-likeness (QED) is 0.679. The van der Waals surface area contributed by atoms with Crippen LogP contribution in [0.15, 0.2) is 48.3 Å². The van der Waals surface area contributed by atoms with E-state index in [2.05, 4.69) is 38.6 Å². The van der Waals surface area contributed by atoms with Gasteiger partial charge in [0.15, 0.2) is 4.77 Å². The molecule has 0 radical (unpaired) electrons. The van der Waals surface area contributed by atoms with Crippen LogP contribution in [0, 0.1) is 4.77 Å². The lowest BCUT2D eigenvalue weighted by Crippen LogP contribution is -2.38. The lowest BCUT2D eigenvalue weighted by molar-refractivity contribution is 0.495. The van der Waals surface area contributed by atoms with Crippen molar-refractivity contribution in [3.05, 3.63) is 69.9 Å². The fourth-order valence-electron chi connectivity index (χ4n) is 2.91. The Morgan fingerprint density at radius 1 is 1.43 bits per heavy atom. The first kappa shape index (κ1) is 15.4. The molecule has 0 saturated carbocycles. The Bertz CT molecular complexity index is 775.